The van der Waals surface area contributed by atoms with Crippen molar-refractivity contribution >= 4 is 0 Å². The van der Waals surface area contributed by atoms with Crippen molar-refractivity contribution in [2.75, 3.05) is 19.6 Å². The van der Waals surface area contributed by atoms with Crippen LogP contribution >= 0.6 is 0 Å². The zero-order valence-corrected chi connectivity index (χ0v) is 12.4. The molecular formula is C16H26N2O. The fraction of sp³-hybridized carbons (Fsp3) is 0.625. The number of rotatable bonds is 7. The molecule has 1 aliphatic heterocycles. The second-order valence-corrected chi connectivity index (χ2v) is 5.60. The van der Waals surface area contributed by atoms with Gasteiger partial charge in [-0.15, -0.1) is 0 Å². The minimum Gasteiger partial charge on any atom is -0.491 e. The van der Waals surface area contributed by atoms with Gasteiger partial charge >= 0.3 is 0 Å². The third-order valence-corrected chi connectivity index (χ3v) is 3.44. The van der Waals surface area contributed by atoms with Crippen molar-refractivity contribution in [1.82, 2.24) is 10.2 Å². The van der Waals surface area contributed by atoms with Gasteiger partial charge in [0.25, 0.3) is 0 Å². The van der Waals surface area contributed by atoms with Crippen molar-refractivity contribution in [3.63, 3.8) is 0 Å². The van der Waals surface area contributed by atoms with Gasteiger partial charge < -0.3 is 10.1 Å². The molecular weight excluding hydrogens is 236 g/mol. The lowest BCUT2D eigenvalue weighted by atomic mass is 10.1. The van der Waals surface area contributed by atoms with Crippen LogP contribution < -0.4 is 10.1 Å². The van der Waals surface area contributed by atoms with E-state index in [9.17, 15) is 0 Å². The van der Waals surface area contributed by atoms with Crippen molar-refractivity contribution < 1.29 is 4.74 Å². The van der Waals surface area contributed by atoms with Gasteiger partial charge in [0.2, 0.25) is 0 Å². The first-order valence-corrected chi connectivity index (χ1v) is 7.39. The third kappa shape index (κ3) is 4.22. The van der Waals surface area contributed by atoms with E-state index in [1.165, 1.54) is 18.5 Å². The molecule has 0 atom stereocenters. The van der Waals surface area contributed by atoms with E-state index in [0.29, 0.717) is 6.04 Å². The molecule has 1 N–H and O–H groups in total. The van der Waals surface area contributed by atoms with Crippen LogP contribution in [0.4, 0.5) is 0 Å². The highest BCUT2D eigenvalue weighted by Gasteiger charge is 2.23. The fourth-order valence-electron chi connectivity index (χ4n) is 2.43. The average Bonchev–Trinajstić information content (AvgIpc) is 2.26. The number of hydrogen-bond acceptors (Lipinski definition) is 3. The molecule has 2 rings (SSSR count). The van der Waals surface area contributed by atoms with E-state index < -0.39 is 0 Å². The highest BCUT2D eigenvalue weighted by atomic mass is 16.5. The highest BCUT2D eigenvalue weighted by molar-refractivity contribution is 5.28. The summed E-state index contributed by atoms with van der Waals surface area (Å²) in [6.45, 7) is 10.8. The molecule has 1 saturated heterocycles. The maximum absolute atomic E-state index is 5.77. The standard InChI is InChI=1S/C16H26N2O/c1-4-8-18(15-10-17-11-15)12-14-6-5-7-16(9-14)19-13(2)3/h5-7,9,13,15,17H,4,8,10-12H2,1-3H3. The second kappa shape index (κ2) is 6.92. The maximum Gasteiger partial charge on any atom is 0.120 e. The smallest absolute Gasteiger partial charge is 0.120 e. The molecule has 3 nitrogen and oxygen atoms in total. The molecule has 0 aliphatic carbocycles. The topological polar surface area (TPSA) is 24.5 Å². The van der Waals surface area contributed by atoms with E-state index in [1.54, 1.807) is 0 Å². The first kappa shape index (κ1) is 14.4. The summed E-state index contributed by atoms with van der Waals surface area (Å²) in [7, 11) is 0. The minimum absolute atomic E-state index is 0.234. The second-order valence-electron chi connectivity index (χ2n) is 5.60. The number of nitrogens with zero attached hydrogens (tertiary/aromatic N) is 1. The molecule has 0 aromatic heterocycles. The molecule has 0 bridgehead atoms. The maximum atomic E-state index is 5.77. The molecule has 1 aromatic rings. The summed E-state index contributed by atoms with van der Waals surface area (Å²) >= 11 is 0. The van der Waals surface area contributed by atoms with Gasteiger partial charge in [0.15, 0.2) is 0 Å². The van der Waals surface area contributed by atoms with Crippen LogP contribution in [-0.2, 0) is 6.54 Å². The van der Waals surface area contributed by atoms with Gasteiger partial charge in [-0.2, -0.15) is 0 Å². The largest absolute Gasteiger partial charge is 0.491 e. The van der Waals surface area contributed by atoms with Crippen LogP contribution in [0.5, 0.6) is 5.75 Å². The van der Waals surface area contributed by atoms with Crippen LogP contribution in [0.25, 0.3) is 0 Å². The Labute approximate surface area is 116 Å². The Hall–Kier alpha value is -1.06. The van der Waals surface area contributed by atoms with Crippen LogP contribution in [0.15, 0.2) is 24.3 Å². The number of benzene rings is 1. The van der Waals surface area contributed by atoms with Gasteiger partial charge in [0, 0.05) is 25.7 Å². The summed E-state index contributed by atoms with van der Waals surface area (Å²) in [6.07, 6.45) is 1.44. The van der Waals surface area contributed by atoms with Crippen LogP contribution in [0.3, 0.4) is 0 Å². The lowest BCUT2D eigenvalue weighted by Gasteiger charge is -2.38. The molecule has 106 valence electrons. The quantitative estimate of drug-likeness (QED) is 0.817. The Kier molecular flexibility index (Phi) is 5.23. The predicted molar refractivity (Wildman–Crippen MR) is 79.6 cm³/mol. The average molecular weight is 262 g/mol. The van der Waals surface area contributed by atoms with Crippen molar-refractivity contribution in [2.24, 2.45) is 0 Å². The highest BCUT2D eigenvalue weighted by Crippen LogP contribution is 2.18. The number of ether oxygens (including phenoxy) is 1. The summed E-state index contributed by atoms with van der Waals surface area (Å²) in [5.74, 6) is 0.982. The zero-order valence-electron chi connectivity index (χ0n) is 12.4. The van der Waals surface area contributed by atoms with Crippen molar-refractivity contribution in [3.05, 3.63) is 29.8 Å². The first-order valence-electron chi connectivity index (χ1n) is 7.39. The Bertz CT molecular complexity index is 388. The summed E-state index contributed by atoms with van der Waals surface area (Å²) in [5, 5.41) is 3.36. The van der Waals surface area contributed by atoms with Crippen molar-refractivity contribution in [3.8, 4) is 5.75 Å². The van der Waals surface area contributed by atoms with Gasteiger partial charge in [-0.3, -0.25) is 4.90 Å². The molecule has 0 radical (unpaired) electrons. The van der Waals surface area contributed by atoms with Gasteiger partial charge in [0.1, 0.15) is 5.75 Å². The molecule has 1 aliphatic rings. The van der Waals surface area contributed by atoms with Crippen LogP contribution in [0.2, 0.25) is 0 Å². The summed E-state index contributed by atoms with van der Waals surface area (Å²) in [4.78, 5) is 2.57. The van der Waals surface area contributed by atoms with Gasteiger partial charge in [-0.05, 0) is 44.5 Å². The molecule has 0 saturated carbocycles. The van der Waals surface area contributed by atoms with E-state index in [-0.39, 0.29) is 6.10 Å². The summed E-state index contributed by atoms with van der Waals surface area (Å²) in [6, 6.07) is 9.21. The predicted octanol–water partition coefficient (Wildman–Crippen LogP) is 2.66. The molecule has 0 spiro atoms. The van der Waals surface area contributed by atoms with E-state index in [2.05, 4.69) is 49.2 Å². The molecule has 1 heterocycles. The van der Waals surface area contributed by atoms with Crippen LogP contribution in [0.1, 0.15) is 32.8 Å². The lowest BCUT2D eigenvalue weighted by Crippen LogP contribution is -2.56. The molecule has 19 heavy (non-hydrogen) atoms. The molecule has 1 fully saturated rings. The van der Waals surface area contributed by atoms with Crippen molar-refractivity contribution in [1.29, 1.82) is 0 Å². The monoisotopic (exact) mass is 262 g/mol. The SMILES string of the molecule is CCCN(Cc1cccc(OC(C)C)c1)C1CNC1. The Morgan fingerprint density at radius 1 is 1.37 bits per heavy atom. The summed E-state index contributed by atoms with van der Waals surface area (Å²) in [5.41, 5.74) is 1.35. The Morgan fingerprint density at radius 3 is 2.74 bits per heavy atom. The van der Waals surface area contributed by atoms with Crippen LogP contribution in [-0.4, -0.2) is 36.7 Å². The van der Waals surface area contributed by atoms with Gasteiger partial charge in [0.05, 0.1) is 6.10 Å². The Balaban J connectivity index is 1.99. The van der Waals surface area contributed by atoms with Crippen molar-refractivity contribution in [2.45, 2.75) is 45.9 Å². The van der Waals surface area contributed by atoms with Gasteiger partial charge in [-0.25, -0.2) is 0 Å². The fourth-order valence-corrected chi connectivity index (χ4v) is 2.43. The first-order chi connectivity index (χ1) is 9.19. The molecule has 3 heteroatoms. The normalized spacial score (nSPS) is 15.8. The molecule has 1 aromatic carbocycles. The van der Waals surface area contributed by atoms with E-state index >= 15 is 0 Å². The zero-order chi connectivity index (χ0) is 13.7. The minimum atomic E-state index is 0.234. The number of hydrogen-bond donors (Lipinski definition) is 1. The summed E-state index contributed by atoms with van der Waals surface area (Å²) < 4.78 is 5.77. The lowest BCUT2D eigenvalue weighted by molar-refractivity contribution is 0.137. The van der Waals surface area contributed by atoms with E-state index in [4.69, 9.17) is 4.74 Å². The Morgan fingerprint density at radius 2 is 2.16 bits per heavy atom. The van der Waals surface area contributed by atoms with Gasteiger partial charge in [-0.1, -0.05) is 19.1 Å². The number of nitrogens with one attached hydrogen (secondary N) is 1. The van der Waals surface area contributed by atoms with E-state index in [1.807, 2.05) is 6.07 Å². The van der Waals surface area contributed by atoms with Crippen LogP contribution in [0, 0.1) is 0 Å². The third-order valence-electron chi connectivity index (χ3n) is 3.44. The molecule has 0 amide bonds. The molecule has 0 unspecified atom stereocenters. The van der Waals surface area contributed by atoms with E-state index in [0.717, 1.165) is 25.4 Å².